The van der Waals surface area contributed by atoms with E-state index < -0.39 is 35.1 Å². The first-order valence-electron chi connectivity index (χ1n) is 6.26. The molecule has 2 amide bonds. The van der Waals surface area contributed by atoms with Crippen LogP contribution in [0.5, 0.6) is 0 Å². The SMILES string of the molecule is O=C1c2ccccc2C(=O)N1c1cc(C(F)(F)F)cc(F)c1Br. The van der Waals surface area contributed by atoms with E-state index in [1.807, 2.05) is 0 Å². The Labute approximate surface area is 135 Å². The lowest BCUT2D eigenvalue weighted by Gasteiger charge is -2.18. The van der Waals surface area contributed by atoms with Gasteiger partial charge in [-0.3, -0.25) is 9.59 Å². The molecule has 8 heteroatoms. The summed E-state index contributed by atoms with van der Waals surface area (Å²) in [6, 6.07) is 6.67. The van der Waals surface area contributed by atoms with Crippen LogP contribution in [0.1, 0.15) is 26.3 Å². The minimum absolute atomic E-state index is 0.0576. The Morgan fingerprint density at radius 2 is 1.48 bits per heavy atom. The van der Waals surface area contributed by atoms with E-state index in [4.69, 9.17) is 0 Å². The van der Waals surface area contributed by atoms with Gasteiger partial charge in [0.15, 0.2) is 0 Å². The van der Waals surface area contributed by atoms with Crippen LogP contribution < -0.4 is 4.90 Å². The zero-order valence-corrected chi connectivity index (χ0v) is 12.7. The molecule has 1 aliphatic heterocycles. The van der Waals surface area contributed by atoms with Crippen molar-refractivity contribution in [2.24, 2.45) is 0 Å². The largest absolute Gasteiger partial charge is 0.416 e. The molecule has 0 saturated carbocycles. The predicted molar refractivity (Wildman–Crippen MR) is 76.7 cm³/mol. The Kier molecular flexibility index (Phi) is 3.51. The second-order valence-electron chi connectivity index (χ2n) is 4.78. The molecule has 0 unspecified atom stereocenters. The minimum atomic E-state index is -4.81. The van der Waals surface area contributed by atoms with Crippen molar-refractivity contribution in [2.75, 3.05) is 4.90 Å². The van der Waals surface area contributed by atoms with Gasteiger partial charge in [-0.25, -0.2) is 9.29 Å². The van der Waals surface area contributed by atoms with Gasteiger partial charge in [-0.2, -0.15) is 13.2 Å². The number of rotatable bonds is 1. The van der Waals surface area contributed by atoms with E-state index in [-0.39, 0.29) is 15.6 Å². The van der Waals surface area contributed by atoms with Crippen LogP contribution in [0.2, 0.25) is 0 Å². The standard InChI is InChI=1S/C15H6BrF4NO2/c16-12-10(17)5-7(15(18,19)20)6-11(12)21-13(22)8-3-1-2-4-9(8)14(21)23/h1-6H. The number of amides is 2. The molecule has 2 aromatic rings. The summed E-state index contributed by atoms with van der Waals surface area (Å²) in [5.41, 5.74) is -1.65. The Hall–Kier alpha value is -2.22. The lowest BCUT2D eigenvalue weighted by Crippen LogP contribution is -2.30. The maximum atomic E-state index is 13.8. The van der Waals surface area contributed by atoms with E-state index in [9.17, 15) is 27.2 Å². The Balaban J connectivity index is 2.19. The number of hydrogen-bond acceptors (Lipinski definition) is 2. The Morgan fingerprint density at radius 1 is 0.957 bits per heavy atom. The van der Waals surface area contributed by atoms with Gasteiger partial charge in [-0.15, -0.1) is 0 Å². The van der Waals surface area contributed by atoms with E-state index in [1.54, 1.807) is 0 Å². The summed E-state index contributed by atoms with van der Waals surface area (Å²) in [7, 11) is 0. The first kappa shape index (κ1) is 15.7. The smallest absolute Gasteiger partial charge is 0.268 e. The minimum Gasteiger partial charge on any atom is -0.268 e. The first-order valence-corrected chi connectivity index (χ1v) is 7.05. The molecule has 3 rings (SSSR count). The van der Waals surface area contributed by atoms with Gasteiger partial charge in [-0.1, -0.05) is 12.1 Å². The van der Waals surface area contributed by atoms with Gasteiger partial charge in [-0.05, 0) is 40.2 Å². The number of nitrogens with zero attached hydrogens (tertiary/aromatic N) is 1. The summed E-state index contributed by atoms with van der Waals surface area (Å²) in [6.07, 6.45) is -4.81. The molecule has 0 aromatic heterocycles. The summed E-state index contributed by atoms with van der Waals surface area (Å²) < 4.78 is 52.0. The fourth-order valence-electron chi connectivity index (χ4n) is 2.31. The normalized spacial score (nSPS) is 14.4. The molecule has 0 saturated heterocycles. The first-order chi connectivity index (χ1) is 10.7. The maximum Gasteiger partial charge on any atom is 0.416 e. The second-order valence-corrected chi connectivity index (χ2v) is 5.57. The average Bonchev–Trinajstić information content (AvgIpc) is 2.73. The molecule has 3 nitrogen and oxygen atoms in total. The van der Waals surface area contributed by atoms with Crippen LogP contribution in [0.15, 0.2) is 40.9 Å². The summed E-state index contributed by atoms with van der Waals surface area (Å²) in [4.78, 5) is 25.2. The number of fused-ring (bicyclic) bond motifs is 1. The van der Waals surface area contributed by atoms with Crippen molar-refractivity contribution < 1.29 is 27.2 Å². The van der Waals surface area contributed by atoms with E-state index in [2.05, 4.69) is 15.9 Å². The lowest BCUT2D eigenvalue weighted by molar-refractivity contribution is -0.137. The van der Waals surface area contributed by atoms with Crippen molar-refractivity contribution >= 4 is 33.4 Å². The van der Waals surface area contributed by atoms with Crippen LogP contribution in [-0.2, 0) is 6.18 Å². The number of benzene rings is 2. The van der Waals surface area contributed by atoms with Gasteiger partial charge in [0, 0.05) is 0 Å². The number of alkyl halides is 3. The quantitative estimate of drug-likeness (QED) is 0.536. The van der Waals surface area contributed by atoms with Crippen LogP contribution in [0, 0.1) is 5.82 Å². The fraction of sp³-hybridized carbons (Fsp3) is 0.0667. The number of carbonyl (C=O) groups is 2. The summed E-state index contributed by atoms with van der Waals surface area (Å²) in [6.45, 7) is 0. The van der Waals surface area contributed by atoms with Crippen molar-refractivity contribution in [2.45, 2.75) is 6.18 Å². The predicted octanol–water partition coefficient (Wildman–Crippen LogP) is 4.41. The highest BCUT2D eigenvalue weighted by molar-refractivity contribution is 9.10. The molecule has 1 aliphatic rings. The lowest BCUT2D eigenvalue weighted by atomic mass is 10.1. The molecule has 23 heavy (non-hydrogen) atoms. The molecule has 2 aromatic carbocycles. The van der Waals surface area contributed by atoms with Gasteiger partial charge in [0.1, 0.15) is 5.82 Å². The van der Waals surface area contributed by atoms with Gasteiger partial charge in [0.25, 0.3) is 11.8 Å². The van der Waals surface area contributed by atoms with Crippen LogP contribution in [-0.4, -0.2) is 11.8 Å². The van der Waals surface area contributed by atoms with E-state index in [1.165, 1.54) is 24.3 Å². The van der Waals surface area contributed by atoms with E-state index >= 15 is 0 Å². The van der Waals surface area contributed by atoms with Crippen molar-refractivity contribution in [1.82, 2.24) is 0 Å². The summed E-state index contributed by atoms with van der Waals surface area (Å²) >= 11 is 2.80. The molecule has 0 bridgehead atoms. The molecule has 0 radical (unpaired) electrons. The van der Waals surface area contributed by atoms with Crippen LogP contribution in [0.25, 0.3) is 0 Å². The van der Waals surface area contributed by atoms with Crippen molar-refractivity contribution in [3.63, 3.8) is 0 Å². The monoisotopic (exact) mass is 387 g/mol. The highest BCUT2D eigenvalue weighted by atomic mass is 79.9. The van der Waals surface area contributed by atoms with Crippen LogP contribution in [0.4, 0.5) is 23.2 Å². The molecular formula is C15H6BrF4NO2. The zero-order chi connectivity index (χ0) is 16.9. The van der Waals surface area contributed by atoms with Crippen molar-refractivity contribution in [3.8, 4) is 0 Å². The number of anilines is 1. The number of hydrogen-bond donors (Lipinski definition) is 0. The number of carbonyl (C=O) groups excluding carboxylic acids is 2. The fourth-order valence-corrected chi connectivity index (χ4v) is 2.72. The maximum absolute atomic E-state index is 13.8. The third-order valence-electron chi connectivity index (χ3n) is 3.37. The third kappa shape index (κ3) is 2.42. The van der Waals surface area contributed by atoms with Gasteiger partial charge < -0.3 is 0 Å². The van der Waals surface area contributed by atoms with E-state index in [0.717, 1.165) is 0 Å². The molecule has 0 spiro atoms. The van der Waals surface area contributed by atoms with Crippen LogP contribution in [0.3, 0.4) is 0 Å². The summed E-state index contributed by atoms with van der Waals surface area (Å²) in [5, 5.41) is 0. The zero-order valence-electron chi connectivity index (χ0n) is 11.1. The van der Waals surface area contributed by atoms with E-state index in [0.29, 0.717) is 17.0 Å². The highest BCUT2D eigenvalue weighted by Gasteiger charge is 2.40. The van der Waals surface area contributed by atoms with Gasteiger partial charge in [0.05, 0.1) is 26.9 Å². The Morgan fingerprint density at radius 3 is 1.96 bits per heavy atom. The summed E-state index contributed by atoms with van der Waals surface area (Å²) in [5.74, 6) is -2.82. The van der Waals surface area contributed by atoms with Crippen LogP contribution >= 0.6 is 15.9 Å². The molecule has 0 N–H and O–H groups in total. The van der Waals surface area contributed by atoms with Gasteiger partial charge >= 0.3 is 6.18 Å². The average molecular weight is 388 g/mol. The second kappa shape index (κ2) is 5.16. The molecule has 118 valence electrons. The molecule has 0 fully saturated rings. The molecule has 0 aliphatic carbocycles. The van der Waals surface area contributed by atoms with Gasteiger partial charge in [0.2, 0.25) is 0 Å². The molecule has 1 heterocycles. The molecule has 0 atom stereocenters. The number of halogens is 5. The third-order valence-corrected chi connectivity index (χ3v) is 4.16. The topological polar surface area (TPSA) is 37.4 Å². The van der Waals surface area contributed by atoms with Crippen molar-refractivity contribution in [3.05, 3.63) is 63.4 Å². The Bertz CT molecular complexity index is 813. The number of imide groups is 1. The van der Waals surface area contributed by atoms with Crippen molar-refractivity contribution in [1.29, 1.82) is 0 Å². The molecular weight excluding hydrogens is 382 g/mol. The highest BCUT2D eigenvalue weighted by Crippen LogP contribution is 2.40.